The monoisotopic (exact) mass is 442 g/mol. The lowest BCUT2D eigenvalue weighted by Crippen LogP contribution is -2.19. The number of sulfone groups is 1. The molecule has 3 aromatic carbocycles. The van der Waals surface area contributed by atoms with E-state index >= 15 is 0 Å². The number of para-hydroxylation sites is 2. The van der Waals surface area contributed by atoms with Crippen molar-refractivity contribution < 1.29 is 18.0 Å². The van der Waals surface area contributed by atoms with Crippen LogP contribution in [0.25, 0.3) is 0 Å². The molecule has 0 atom stereocenters. The first-order valence-corrected chi connectivity index (χ1v) is 11.1. The Morgan fingerprint density at radius 3 is 1.97 bits per heavy atom. The van der Waals surface area contributed by atoms with E-state index in [4.69, 9.17) is 11.6 Å². The van der Waals surface area contributed by atoms with E-state index in [-0.39, 0.29) is 23.0 Å². The van der Waals surface area contributed by atoms with Gasteiger partial charge in [-0.15, -0.1) is 0 Å². The molecule has 0 saturated heterocycles. The molecule has 0 heterocycles. The first kappa shape index (κ1) is 21.5. The highest BCUT2D eigenvalue weighted by Gasteiger charge is 2.17. The van der Waals surface area contributed by atoms with Gasteiger partial charge in [0.25, 0.3) is 5.91 Å². The van der Waals surface area contributed by atoms with Crippen molar-refractivity contribution in [1.29, 1.82) is 0 Å². The molecule has 0 unspecified atom stereocenters. The van der Waals surface area contributed by atoms with Crippen molar-refractivity contribution in [2.75, 3.05) is 16.4 Å². The molecule has 6 nitrogen and oxygen atoms in total. The molecule has 0 saturated carbocycles. The van der Waals surface area contributed by atoms with Gasteiger partial charge in [0.15, 0.2) is 9.84 Å². The summed E-state index contributed by atoms with van der Waals surface area (Å²) >= 11 is 5.78. The Morgan fingerprint density at radius 1 is 0.767 bits per heavy atom. The summed E-state index contributed by atoms with van der Waals surface area (Å²) in [5.41, 5.74) is 1.28. The highest BCUT2D eigenvalue weighted by molar-refractivity contribution is 7.91. The maximum absolute atomic E-state index is 12.4. The van der Waals surface area contributed by atoms with Gasteiger partial charge in [-0.25, -0.2) is 8.42 Å². The van der Waals surface area contributed by atoms with E-state index in [1.54, 1.807) is 48.5 Å². The fourth-order valence-electron chi connectivity index (χ4n) is 2.68. The van der Waals surface area contributed by atoms with E-state index in [0.29, 0.717) is 22.0 Å². The van der Waals surface area contributed by atoms with Crippen molar-refractivity contribution in [3.63, 3.8) is 0 Å². The number of carbonyl (C=O) groups is 2. The minimum atomic E-state index is -3.62. The van der Waals surface area contributed by atoms with E-state index in [2.05, 4.69) is 10.6 Å². The minimum Gasteiger partial charge on any atom is -0.324 e. The second kappa shape index (κ2) is 9.56. The molecule has 8 heteroatoms. The first-order valence-electron chi connectivity index (χ1n) is 9.09. The van der Waals surface area contributed by atoms with Gasteiger partial charge in [-0.05, 0) is 48.5 Å². The number of carbonyl (C=O) groups excluding carboxylic acids is 2. The highest BCUT2D eigenvalue weighted by Crippen LogP contribution is 2.22. The van der Waals surface area contributed by atoms with Crippen LogP contribution in [0.1, 0.15) is 16.8 Å². The van der Waals surface area contributed by atoms with Crippen LogP contribution in [0.2, 0.25) is 5.02 Å². The topological polar surface area (TPSA) is 92.3 Å². The van der Waals surface area contributed by atoms with Gasteiger partial charge in [-0.1, -0.05) is 41.9 Å². The summed E-state index contributed by atoms with van der Waals surface area (Å²) in [6, 6.07) is 21.2. The van der Waals surface area contributed by atoms with Gasteiger partial charge >= 0.3 is 0 Å². The molecule has 154 valence electrons. The molecule has 0 aromatic heterocycles. The zero-order valence-corrected chi connectivity index (χ0v) is 17.4. The molecule has 0 radical (unpaired) electrons. The van der Waals surface area contributed by atoms with Gasteiger partial charge in [-0.3, -0.25) is 9.59 Å². The van der Waals surface area contributed by atoms with Gasteiger partial charge in [-0.2, -0.15) is 0 Å². The third-order valence-corrected chi connectivity index (χ3v) is 6.24. The Bertz CT molecular complexity index is 1150. The van der Waals surface area contributed by atoms with Crippen molar-refractivity contribution in [1.82, 2.24) is 0 Å². The molecule has 0 aliphatic carbocycles. The SMILES string of the molecule is O=C(CCS(=O)(=O)c1ccc(Cl)cc1)Nc1ccccc1NC(=O)c1ccccc1. The second-order valence-corrected chi connectivity index (χ2v) is 8.98. The van der Waals surface area contributed by atoms with Crippen LogP contribution in [0.15, 0.2) is 83.8 Å². The molecular weight excluding hydrogens is 424 g/mol. The smallest absolute Gasteiger partial charge is 0.255 e. The Labute approximate surface area is 179 Å². The predicted octanol–water partition coefficient (Wildman–Crippen LogP) is 4.39. The van der Waals surface area contributed by atoms with Crippen LogP contribution in [0, 0.1) is 0 Å². The van der Waals surface area contributed by atoms with E-state index in [0.717, 1.165) is 0 Å². The quantitative estimate of drug-likeness (QED) is 0.567. The number of halogens is 1. The third-order valence-electron chi connectivity index (χ3n) is 4.26. The van der Waals surface area contributed by atoms with Crippen LogP contribution >= 0.6 is 11.6 Å². The second-order valence-electron chi connectivity index (χ2n) is 6.44. The van der Waals surface area contributed by atoms with Crippen LogP contribution in [0.4, 0.5) is 11.4 Å². The fraction of sp³-hybridized carbons (Fsp3) is 0.0909. The van der Waals surface area contributed by atoms with Crippen molar-refractivity contribution in [3.8, 4) is 0 Å². The Morgan fingerprint density at radius 2 is 1.33 bits per heavy atom. The standard InChI is InChI=1S/C22H19ClN2O4S/c23-17-10-12-18(13-11-17)30(28,29)15-14-21(26)24-19-8-4-5-9-20(19)25-22(27)16-6-2-1-3-7-16/h1-13H,14-15H2,(H,24,26)(H,25,27). The molecule has 3 rings (SSSR count). The van der Waals surface area contributed by atoms with Gasteiger partial charge in [0.05, 0.1) is 22.0 Å². The molecule has 0 aliphatic rings. The summed E-state index contributed by atoms with van der Waals surface area (Å²) in [6.07, 6.45) is -0.230. The van der Waals surface area contributed by atoms with Crippen LogP contribution in [0.3, 0.4) is 0 Å². The summed E-state index contributed by atoms with van der Waals surface area (Å²) in [6.45, 7) is 0. The number of amides is 2. The summed E-state index contributed by atoms with van der Waals surface area (Å²) < 4.78 is 24.8. The van der Waals surface area contributed by atoms with Gasteiger partial charge in [0.1, 0.15) is 0 Å². The van der Waals surface area contributed by atoms with Crippen molar-refractivity contribution >= 4 is 44.6 Å². The number of nitrogens with one attached hydrogen (secondary N) is 2. The Kier molecular flexibility index (Phi) is 6.87. The van der Waals surface area contributed by atoms with Crippen molar-refractivity contribution in [2.24, 2.45) is 0 Å². The molecular formula is C22H19ClN2O4S. The molecule has 30 heavy (non-hydrogen) atoms. The zero-order chi connectivity index (χ0) is 21.6. The summed E-state index contributed by atoms with van der Waals surface area (Å²) in [5.74, 6) is -1.14. The van der Waals surface area contributed by atoms with Crippen LogP contribution in [-0.2, 0) is 14.6 Å². The van der Waals surface area contributed by atoms with Gasteiger partial charge in [0.2, 0.25) is 5.91 Å². The number of rotatable bonds is 7. The molecule has 0 fully saturated rings. The van der Waals surface area contributed by atoms with E-state index in [9.17, 15) is 18.0 Å². The number of hydrogen-bond donors (Lipinski definition) is 2. The molecule has 2 N–H and O–H groups in total. The number of benzene rings is 3. The normalized spacial score (nSPS) is 11.0. The average Bonchev–Trinajstić information content (AvgIpc) is 2.75. The number of hydrogen-bond acceptors (Lipinski definition) is 4. The predicted molar refractivity (Wildman–Crippen MR) is 118 cm³/mol. The lowest BCUT2D eigenvalue weighted by atomic mass is 10.2. The Hall–Kier alpha value is -3.16. The zero-order valence-electron chi connectivity index (χ0n) is 15.8. The molecule has 0 spiro atoms. The fourth-order valence-corrected chi connectivity index (χ4v) is 4.05. The van der Waals surface area contributed by atoms with E-state index < -0.39 is 15.7 Å². The maximum Gasteiger partial charge on any atom is 0.255 e. The van der Waals surface area contributed by atoms with Gasteiger partial charge < -0.3 is 10.6 Å². The first-order chi connectivity index (χ1) is 14.3. The molecule has 3 aromatic rings. The molecule has 2 amide bonds. The van der Waals surface area contributed by atoms with Gasteiger partial charge in [0, 0.05) is 17.0 Å². The van der Waals surface area contributed by atoms with Crippen LogP contribution in [-0.4, -0.2) is 26.0 Å². The summed E-state index contributed by atoms with van der Waals surface area (Å²) in [4.78, 5) is 24.8. The third kappa shape index (κ3) is 5.68. The molecule has 0 aliphatic heterocycles. The largest absolute Gasteiger partial charge is 0.324 e. The van der Waals surface area contributed by atoms with E-state index in [1.807, 2.05) is 6.07 Å². The average molecular weight is 443 g/mol. The van der Waals surface area contributed by atoms with Crippen LogP contribution < -0.4 is 10.6 Å². The lowest BCUT2D eigenvalue weighted by molar-refractivity contribution is -0.115. The number of anilines is 2. The lowest BCUT2D eigenvalue weighted by Gasteiger charge is -2.12. The van der Waals surface area contributed by atoms with Crippen molar-refractivity contribution in [3.05, 3.63) is 89.4 Å². The Balaban J connectivity index is 1.64. The minimum absolute atomic E-state index is 0.107. The summed E-state index contributed by atoms with van der Waals surface area (Å²) in [7, 11) is -3.62. The summed E-state index contributed by atoms with van der Waals surface area (Å²) in [5, 5.41) is 5.84. The maximum atomic E-state index is 12.4. The van der Waals surface area contributed by atoms with Crippen molar-refractivity contribution in [2.45, 2.75) is 11.3 Å². The van der Waals surface area contributed by atoms with E-state index in [1.165, 1.54) is 24.3 Å². The van der Waals surface area contributed by atoms with Crippen LogP contribution in [0.5, 0.6) is 0 Å². The highest BCUT2D eigenvalue weighted by atomic mass is 35.5. The molecule has 0 bridgehead atoms.